The first-order chi connectivity index (χ1) is 4.30. The molecule has 0 saturated carbocycles. The van der Waals surface area contributed by atoms with Crippen molar-refractivity contribution in [1.29, 1.82) is 0 Å². The number of hydrogen-bond acceptors (Lipinski definition) is 3. The van der Waals surface area contributed by atoms with E-state index in [0.29, 0.717) is 12.2 Å². The van der Waals surface area contributed by atoms with Crippen molar-refractivity contribution >= 4 is 17.9 Å². The summed E-state index contributed by atoms with van der Waals surface area (Å²) in [4.78, 5) is 10.4. The highest BCUT2D eigenvalue weighted by Gasteiger charge is 2.08. The first-order valence-electron chi connectivity index (χ1n) is 2.54. The highest BCUT2D eigenvalue weighted by Crippen LogP contribution is 2.12. The summed E-state index contributed by atoms with van der Waals surface area (Å²) in [5, 5.41) is 0. The van der Waals surface area contributed by atoms with Crippen molar-refractivity contribution in [2.75, 3.05) is 12.4 Å². The Morgan fingerprint density at radius 1 is 1.89 bits per heavy atom. The van der Waals surface area contributed by atoms with E-state index < -0.39 is 0 Å². The fourth-order valence-electron chi connectivity index (χ4n) is 0.519. The lowest BCUT2D eigenvalue weighted by atomic mass is 10.2. The molecule has 3 nitrogen and oxygen atoms in total. The summed E-state index contributed by atoms with van der Waals surface area (Å²) >= 11 is 1.33. The number of carbonyl (C=O) groups is 1. The van der Waals surface area contributed by atoms with Gasteiger partial charge in [0.25, 0.3) is 0 Å². The third-order valence-corrected chi connectivity index (χ3v) is 1.60. The first-order valence-corrected chi connectivity index (χ1v) is 3.45. The molecule has 9 heavy (non-hydrogen) atoms. The second kappa shape index (κ2) is 2.89. The van der Waals surface area contributed by atoms with E-state index in [0.717, 1.165) is 5.75 Å². The molecule has 0 saturated heterocycles. The van der Waals surface area contributed by atoms with E-state index in [-0.39, 0.29) is 5.91 Å². The highest BCUT2D eigenvalue weighted by atomic mass is 32.2. The second-order valence-corrected chi connectivity index (χ2v) is 2.45. The van der Waals surface area contributed by atoms with Gasteiger partial charge in [-0.05, 0) is 12.0 Å². The van der Waals surface area contributed by atoms with Crippen molar-refractivity contribution in [2.45, 2.75) is 0 Å². The average molecular weight is 145 g/mol. The maximum Gasteiger partial charge on any atom is 0.246 e. The van der Waals surface area contributed by atoms with E-state index in [2.05, 4.69) is 0 Å². The number of hydrogen-bond donors (Lipinski definition) is 1. The van der Waals surface area contributed by atoms with Crippen molar-refractivity contribution < 1.29 is 8.98 Å². The van der Waals surface area contributed by atoms with Gasteiger partial charge in [-0.3, -0.25) is 4.79 Å². The first kappa shape index (κ1) is 6.64. The monoisotopic (exact) mass is 145 g/mol. The minimum atomic E-state index is -0.379. The minimum Gasteiger partial charge on any atom is -0.366 e. The summed E-state index contributed by atoms with van der Waals surface area (Å²) in [6.45, 7) is 0.347. The van der Waals surface area contributed by atoms with E-state index in [1.54, 1.807) is 6.08 Å². The van der Waals surface area contributed by atoms with Gasteiger partial charge in [-0.15, -0.1) is 0 Å². The molecule has 0 aliphatic carbocycles. The molecule has 2 N–H and O–H groups in total. The van der Waals surface area contributed by atoms with Crippen molar-refractivity contribution in [3.8, 4) is 0 Å². The van der Waals surface area contributed by atoms with Gasteiger partial charge in [0.05, 0.1) is 6.61 Å². The molecule has 1 aliphatic rings. The Labute approximate surface area is 57.5 Å². The number of nitrogens with two attached hydrogens (primary N) is 1. The van der Waals surface area contributed by atoms with Crippen molar-refractivity contribution in [3.63, 3.8) is 0 Å². The molecule has 1 rings (SSSR count). The Morgan fingerprint density at radius 2 is 2.67 bits per heavy atom. The number of amides is 1. The Kier molecular flexibility index (Phi) is 2.13. The van der Waals surface area contributed by atoms with Crippen molar-refractivity contribution in [1.82, 2.24) is 0 Å². The fourth-order valence-corrected chi connectivity index (χ4v) is 1.09. The van der Waals surface area contributed by atoms with Gasteiger partial charge in [-0.2, -0.15) is 0 Å². The number of primary amides is 1. The van der Waals surface area contributed by atoms with E-state index in [1.807, 2.05) is 0 Å². The topological polar surface area (TPSA) is 52.3 Å². The van der Waals surface area contributed by atoms with Crippen LogP contribution >= 0.6 is 12.0 Å². The van der Waals surface area contributed by atoms with Crippen LogP contribution in [0.5, 0.6) is 0 Å². The quantitative estimate of drug-likeness (QED) is 0.531. The largest absolute Gasteiger partial charge is 0.366 e. The number of carbonyl (C=O) groups excluding carboxylic acids is 1. The molecule has 50 valence electrons. The van der Waals surface area contributed by atoms with Gasteiger partial charge in [0, 0.05) is 11.3 Å². The van der Waals surface area contributed by atoms with E-state index in [4.69, 9.17) is 9.92 Å². The summed E-state index contributed by atoms with van der Waals surface area (Å²) < 4.78 is 4.89. The van der Waals surface area contributed by atoms with Gasteiger partial charge in [-0.25, -0.2) is 0 Å². The predicted octanol–water partition coefficient (Wildman–Crippen LogP) is 0.0765. The van der Waals surface area contributed by atoms with E-state index in [9.17, 15) is 4.79 Å². The Hall–Kier alpha value is -0.480. The molecule has 0 aromatic rings. The maximum atomic E-state index is 10.4. The van der Waals surface area contributed by atoms with Gasteiger partial charge in [-0.1, -0.05) is 6.08 Å². The van der Waals surface area contributed by atoms with E-state index in [1.165, 1.54) is 12.0 Å². The lowest BCUT2D eigenvalue weighted by Crippen LogP contribution is -2.18. The fraction of sp³-hybridized carbons (Fsp3) is 0.400. The Bertz CT molecular complexity index is 155. The van der Waals surface area contributed by atoms with Crippen LogP contribution in [0.3, 0.4) is 0 Å². The van der Waals surface area contributed by atoms with Crippen molar-refractivity contribution in [2.24, 2.45) is 5.73 Å². The SMILES string of the molecule is NC(=O)C1=CCSOC1. The highest BCUT2D eigenvalue weighted by molar-refractivity contribution is 7.94. The average Bonchev–Trinajstić information content (AvgIpc) is 1.90. The summed E-state index contributed by atoms with van der Waals surface area (Å²) in [6.07, 6.45) is 1.79. The molecule has 1 heterocycles. The molecular formula is C5H7NO2S. The summed E-state index contributed by atoms with van der Waals surface area (Å²) in [7, 11) is 0. The third kappa shape index (κ3) is 1.73. The Morgan fingerprint density at radius 3 is 3.00 bits per heavy atom. The molecule has 0 radical (unpaired) electrons. The molecule has 0 bridgehead atoms. The van der Waals surface area contributed by atoms with Gasteiger partial charge in [0.15, 0.2) is 0 Å². The standard InChI is InChI=1S/C5H7NO2S/c6-5(7)4-1-2-9-8-3-4/h1H,2-3H2,(H2,6,7). The molecular weight excluding hydrogens is 138 g/mol. The van der Waals surface area contributed by atoms with Crippen molar-refractivity contribution in [3.05, 3.63) is 11.6 Å². The zero-order valence-corrected chi connectivity index (χ0v) is 5.61. The summed E-state index contributed by atoms with van der Waals surface area (Å²) in [5.74, 6) is 0.341. The molecule has 1 amide bonds. The van der Waals surface area contributed by atoms with Crippen LogP contribution < -0.4 is 5.73 Å². The van der Waals surface area contributed by atoms with Crippen LogP contribution in [0.25, 0.3) is 0 Å². The lowest BCUT2D eigenvalue weighted by Gasteiger charge is -2.07. The van der Waals surface area contributed by atoms with Gasteiger partial charge in [0.1, 0.15) is 0 Å². The maximum absolute atomic E-state index is 10.4. The van der Waals surface area contributed by atoms with Crippen LogP contribution in [-0.4, -0.2) is 18.3 Å². The lowest BCUT2D eigenvalue weighted by molar-refractivity contribution is -0.114. The van der Waals surface area contributed by atoms with Crippen LogP contribution in [0.15, 0.2) is 11.6 Å². The summed E-state index contributed by atoms with van der Waals surface area (Å²) in [5.41, 5.74) is 5.55. The van der Waals surface area contributed by atoms with E-state index >= 15 is 0 Å². The molecule has 0 spiro atoms. The van der Waals surface area contributed by atoms with Crippen LogP contribution in [0, 0.1) is 0 Å². The summed E-state index contributed by atoms with van der Waals surface area (Å²) in [6, 6.07) is 0. The number of rotatable bonds is 1. The van der Waals surface area contributed by atoms with Gasteiger partial charge in [0.2, 0.25) is 5.91 Å². The zero-order chi connectivity index (χ0) is 6.69. The molecule has 4 heteroatoms. The molecule has 1 aliphatic heterocycles. The minimum absolute atomic E-state index is 0.347. The molecule has 0 fully saturated rings. The second-order valence-electron chi connectivity index (χ2n) is 1.64. The zero-order valence-electron chi connectivity index (χ0n) is 4.79. The Balaban J connectivity index is 2.57. The van der Waals surface area contributed by atoms with Crippen LogP contribution in [-0.2, 0) is 8.98 Å². The van der Waals surface area contributed by atoms with Gasteiger partial charge >= 0.3 is 0 Å². The smallest absolute Gasteiger partial charge is 0.246 e. The van der Waals surface area contributed by atoms with Gasteiger partial charge < -0.3 is 9.92 Å². The van der Waals surface area contributed by atoms with Crippen LogP contribution in [0.2, 0.25) is 0 Å². The van der Waals surface area contributed by atoms with Crippen LogP contribution in [0.1, 0.15) is 0 Å². The molecule has 0 aromatic carbocycles. The molecule has 0 atom stereocenters. The molecule has 0 unspecified atom stereocenters. The van der Waals surface area contributed by atoms with Crippen LogP contribution in [0.4, 0.5) is 0 Å². The normalized spacial score (nSPS) is 18.9. The third-order valence-electron chi connectivity index (χ3n) is 1.01. The molecule has 0 aromatic heterocycles. The predicted molar refractivity (Wildman–Crippen MR) is 35.7 cm³/mol.